The number of pyridine rings is 1. The van der Waals surface area contributed by atoms with Gasteiger partial charge in [-0.05, 0) is 41.5 Å². The fourth-order valence-corrected chi connectivity index (χ4v) is 4.65. The standard InChI is InChI=1S/C23H18N4O2S/c1-2-27-22(16-9-11-24-12-10-16)25-26-23(27)30-14-17-13-20(28)29-19-8-7-15-5-3-4-6-18(15)21(17)19/h3-13H,2,14H2,1H3. The third-order valence-corrected chi connectivity index (χ3v) is 6.06. The van der Waals surface area contributed by atoms with Crippen LogP contribution in [0.5, 0.6) is 0 Å². The van der Waals surface area contributed by atoms with E-state index in [4.69, 9.17) is 4.42 Å². The molecule has 2 aromatic carbocycles. The summed E-state index contributed by atoms with van der Waals surface area (Å²) in [6, 6.07) is 17.4. The van der Waals surface area contributed by atoms with Gasteiger partial charge in [-0.3, -0.25) is 4.98 Å². The molecule has 0 aliphatic heterocycles. The van der Waals surface area contributed by atoms with E-state index in [9.17, 15) is 4.79 Å². The van der Waals surface area contributed by atoms with E-state index in [1.807, 2.05) is 36.4 Å². The monoisotopic (exact) mass is 414 g/mol. The predicted octanol–water partition coefficient (Wildman–Crippen LogP) is 4.91. The van der Waals surface area contributed by atoms with Crippen LogP contribution in [0.3, 0.4) is 0 Å². The van der Waals surface area contributed by atoms with E-state index in [0.29, 0.717) is 11.3 Å². The van der Waals surface area contributed by atoms with Gasteiger partial charge in [0.2, 0.25) is 0 Å². The van der Waals surface area contributed by atoms with E-state index in [-0.39, 0.29) is 5.63 Å². The van der Waals surface area contributed by atoms with Crippen molar-refractivity contribution in [2.75, 3.05) is 0 Å². The van der Waals surface area contributed by atoms with Crippen molar-refractivity contribution in [1.82, 2.24) is 19.7 Å². The zero-order valence-corrected chi connectivity index (χ0v) is 17.1. The van der Waals surface area contributed by atoms with Crippen LogP contribution in [0.1, 0.15) is 12.5 Å². The second-order valence-electron chi connectivity index (χ2n) is 6.83. The second kappa shape index (κ2) is 7.76. The average Bonchev–Trinajstić information content (AvgIpc) is 3.20. The van der Waals surface area contributed by atoms with Gasteiger partial charge in [0.1, 0.15) is 5.58 Å². The van der Waals surface area contributed by atoms with Gasteiger partial charge in [0.25, 0.3) is 0 Å². The minimum Gasteiger partial charge on any atom is -0.423 e. The molecule has 0 saturated heterocycles. The summed E-state index contributed by atoms with van der Waals surface area (Å²) in [5.41, 5.74) is 2.16. The Labute approximate surface area is 176 Å². The predicted molar refractivity (Wildman–Crippen MR) is 118 cm³/mol. The number of thioether (sulfide) groups is 1. The lowest BCUT2D eigenvalue weighted by atomic mass is 10.0. The quantitative estimate of drug-likeness (QED) is 0.231. The van der Waals surface area contributed by atoms with Gasteiger partial charge in [-0.15, -0.1) is 10.2 Å². The van der Waals surface area contributed by atoms with E-state index in [2.05, 4.69) is 38.8 Å². The number of benzene rings is 2. The van der Waals surface area contributed by atoms with E-state index < -0.39 is 0 Å². The molecule has 0 N–H and O–H groups in total. The molecule has 148 valence electrons. The Morgan fingerprint density at radius 2 is 1.87 bits per heavy atom. The third-order valence-electron chi connectivity index (χ3n) is 5.04. The molecule has 0 aliphatic carbocycles. The van der Waals surface area contributed by atoms with Crippen LogP contribution in [0.4, 0.5) is 0 Å². The molecule has 30 heavy (non-hydrogen) atoms. The molecule has 0 spiro atoms. The molecule has 0 bridgehead atoms. The first-order chi connectivity index (χ1) is 14.7. The third kappa shape index (κ3) is 3.27. The molecule has 0 amide bonds. The van der Waals surface area contributed by atoms with Crippen molar-refractivity contribution in [1.29, 1.82) is 0 Å². The van der Waals surface area contributed by atoms with Crippen molar-refractivity contribution in [3.8, 4) is 11.4 Å². The minimum absolute atomic E-state index is 0.345. The molecule has 3 heterocycles. The first kappa shape index (κ1) is 18.6. The van der Waals surface area contributed by atoms with Gasteiger partial charge in [-0.1, -0.05) is 42.1 Å². The van der Waals surface area contributed by atoms with Crippen LogP contribution in [0.15, 0.2) is 81.4 Å². The van der Waals surface area contributed by atoms with Crippen LogP contribution in [-0.2, 0) is 12.3 Å². The highest BCUT2D eigenvalue weighted by atomic mass is 32.2. The molecule has 0 atom stereocenters. The molecule has 0 fully saturated rings. The van der Waals surface area contributed by atoms with E-state index in [0.717, 1.165) is 44.8 Å². The minimum atomic E-state index is -0.345. The highest BCUT2D eigenvalue weighted by Gasteiger charge is 2.15. The largest absolute Gasteiger partial charge is 0.423 e. The number of aromatic nitrogens is 4. The summed E-state index contributed by atoms with van der Waals surface area (Å²) in [6.07, 6.45) is 3.49. The fraction of sp³-hybridized carbons (Fsp3) is 0.130. The number of rotatable bonds is 5. The van der Waals surface area contributed by atoms with Crippen molar-refractivity contribution >= 4 is 33.5 Å². The average molecular weight is 414 g/mol. The molecular weight excluding hydrogens is 396 g/mol. The van der Waals surface area contributed by atoms with Gasteiger partial charge < -0.3 is 8.98 Å². The zero-order valence-electron chi connectivity index (χ0n) is 16.3. The summed E-state index contributed by atoms with van der Waals surface area (Å²) in [7, 11) is 0. The summed E-state index contributed by atoms with van der Waals surface area (Å²) in [4.78, 5) is 16.2. The summed E-state index contributed by atoms with van der Waals surface area (Å²) in [5, 5.41) is 12.7. The second-order valence-corrected chi connectivity index (χ2v) is 7.77. The lowest BCUT2D eigenvalue weighted by Gasteiger charge is -2.10. The maximum absolute atomic E-state index is 12.1. The zero-order chi connectivity index (χ0) is 20.5. The highest BCUT2D eigenvalue weighted by Crippen LogP contribution is 2.32. The van der Waals surface area contributed by atoms with Crippen molar-refractivity contribution in [3.63, 3.8) is 0 Å². The fourth-order valence-electron chi connectivity index (χ4n) is 3.67. The van der Waals surface area contributed by atoms with Crippen molar-refractivity contribution in [2.45, 2.75) is 24.4 Å². The topological polar surface area (TPSA) is 73.8 Å². The van der Waals surface area contributed by atoms with Crippen LogP contribution < -0.4 is 5.63 Å². The van der Waals surface area contributed by atoms with Crippen molar-refractivity contribution in [3.05, 3.63) is 83.0 Å². The van der Waals surface area contributed by atoms with Gasteiger partial charge in [0.05, 0.1) is 0 Å². The molecule has 0 aliphatic rings. The van der Waals surface area contributed by atoms with Crippen molar-refractivity contribution in [2.24, 2.45) is 0 Å². The Kier molecular flexibility index (Phi) is 4.80. The first-order valence-electron chi connectivity index (χ1n) is 9.65. The van der Waals surface area contributed by atoms with E-state index in [1.165, 1.54) is 0 Å². The summed E-state index contributed by atoms with van der Waals surface area (Å²) in [6.45, 7) is 2.81. The van der Waals surface area contributed by atoms with Gasteiger partial charge in [0, 0.05) is 41.7 Å². The maximum atomic E-state index is 12.1. The van der Waals surface area contributed by atoms with Crippen LogP contribution in [0, 0.1) is 0 Å². The summed E-state index contributed by atoms with van der Waals surface area (Å²) >= 11 is 1.57. The first-order valence-corrected chi connectivity index (χ1v) is 10.6. The number of nitrogens with zero attached hydrogens (tertiary/aromatic N) is 4. The van der Waals surface area contributed by atoms with Crippen LogP contribution in [-0.4, -0.2) is 19.7 Å². The van der Waals surface area contributed by atoms with Crippen LogP contribution in [0.2, 0.25) is 0 Å². The lowest BCUT2D eigenvalue weighted by molar-refractivity contribution is 0.560. The van der Waals surface area contributed by atoms with Crippen molar-refractivity contribution < 1.29 is 4.42 Å². The molecule has 0 unspecified atom stereocenters. The van der Waals surface area contributed by atoms with E-state index >= 15 is 0 Å². The SMILES string of the molecule is CCn1c(SCc2cc(=O)oc3ccc4ccccc4c23)nnc1-c1ccncc1. The normalized spacial score (nSPS) is 11.4. The number of hydrogen-bond donors (Lipinski definition) is 0. The molecule has 0 saturated carbocycles. The molecule has 5 aromatic rings. The molecular formula is C23H18N4O2S. The number of fused-ring (bicyclic) bond motifs is 3. The van der Waals surface area contributed by atoms with Crippen LogP contribution in [0.25, 0.3) is 33.1 Å². The summed E-state index contributed by atoms with van der Waals surface area (Å²) in [5.74, 6) is 1.40. The Hall–Kier alpha value is -3.45. The van der Waals surface area contributed by atoms with Gasteiger partial charge in [-0.25, -0.2) is 4.79 Å². The van der Waals surface area contributed by atoms with Gasteiger partial charge >= 0.3 is 5.63 Å². The Morgan fingerprint density at radius 1 is 1.03 bits per heavy atom. The Balaban J connectivity index is 1.55. The van der Waals surface area contributed by atoms with Gasteiger partial charge in [-0.2, -0.15) is 0 Å². The smallest absolute Gasteiger partial charge is 0.336 e. The summed E-state index contributed by atoms with van der Waals surface area (Å²) < 4.78 is 7.54. The Morgan fingerprint density at radius 3 is 2.70 bits per heavy atom. The molecule has 7 heteroatoms. The molecule has 6 nitrogen and oxygen atoms in total. The molecule has 0 radical (unpaired) electrons. The van der Waals surface area contributed by atoms with E-state index in [1.54, 1.807) is 30.2 Å². The maximum Gasteiger partial charge on any atom is 0.336 e. The van der Waals surface area contributed by atoms with Crippen LogP contribution >= 0.6 is 11.8 Å². The highest BCUT2D eigenvalue weighted by molar-refractivity contribution is 7.98. The van der Waals surface area contributed by atoms with Gasteiger partial charge in [0.15, 0.2) is 11.0 Å². The lowest BCUT2D eigenvalue weighted by Crippen LogP contribution is -2.02. The number of hydrogen-bond acceptors (Lipinski definition) is 6. The molecule has 3 aromatic heterocycles. The Bertz CT molecular complexity index is 1410. The molecule has 5 rings (SSSR count).